The molecule has 0 saturated heterocycles. The van der Waals surface area contributed by atoms with E-state index in [4.69, 9.17) is 0 Å². The molecular weight excluding hydrogens is 340 g/mol. The van der Waals surface area contributed by atoms with Crippen LogP contribution in [0.2, 0.25) is 0 Å². The predicted octanol–water partition coefficient (Wildman–Crippen LogP) is -0.0759. The van der Waals surface area contributed by atoms with Crippen LogP contribution in [-0.4, -0.2) is 34.3 Å². The maximum atomic E-state index is 4.50. The SMILES string of the molecule is CN.Cl.Cl.Cl.[PbH2]. The summed E-state index contributed by atoms with van der Waals surface area (Å²) in [5.74, 6) is 0. The Bertz CT molecular complexity index is 10.8. The summed E-state index contributed by atoms with van der Waals surface area (Å²) in [5.41, 5.74) is 4.50. The van der Waals surface area contributed by atoms with Crippen LogP contribution < -0.4 is 5.73 Å². The molecule has 0 fully saturated rings. The van der Waals surface area contributed by atoms with Gasteiger partial charge in [0, 0.05) is 0 Å². The Labute approximate surface area is 76.8 Å². The van der Waals surface area contributed by atoms with E-state index in [1.165, 1.54) is 7.05 Å². The Morgan fingerprint density at radius 2 is 0.833 bits per heavy atom. The zero-order chi connectivity index (χ0) is 2.00. The molecule has 5 heteroatoms. The summed E-state index contributed by atoms with van der Waals surface area (Å²) in [4.78, 5) is 0. The maximum absolute atomic E-state index is 4.50. The van der Waals surface area contributed by atoms with E-state index in [-0.39, 0.29) is 64.5 Å². The van der Waals surface area contributed by atoms with Crippen molar-refractivity contribution in [2.75, 3.05) is 7.05 Å². The monoisotopic (exact) mass is 349 g/mol. The van der Waals surface area contributed by atoms with Crippen LogP contribution in [0, 0.1) is 0 Å². The van der Waals surface area contributed by atoms with Gasteiger partial charge in [0.25, 0.3) is 0 Å². The van der Waals surface area contributed by atoms with Crippen molar-refractivity contribution in [2.24, 2.45) is 5.73 Å². The van der Waals surface area contributed by atoms with Crippen molar-refractivity contribution in [1.82, 2.24) is 0 Å². The Hall–Kier alpha value is 1.75. The van der Waals surface area contributed by atoms with Gasteiger partial charge in [-0.15, -0.1) is 37.2 Å². The zero-order valence-electron chi connectivity index (χ0n) is 3.51. The molecule has 0 atom stereocenters. The Morgan fingerprint density at radius 3 is 0.833 bits per heavy atom. The summed E-state index contributed by atoms with van der Waals surface area (Å²) in [5, 5.41) is 0. The summed E-state index contributed by atoms with van der Waals surface area (Å²) >= 11 is 0. The van der Waals surface area contributed by atoms with Crippen molar-refractivity contribution in [1.29, 1.82) is 0 Å². The summed E-state index contributed by atoms with van der Waals surface area (Å²) in [7, 11) is 1.50. The number of halogens is 3. The minimum atomic E-state index is 0. The van der Waals surface area contributed by atoms with Crippen LogP contribution in [0.25, 0.3) is 0 Å². The molecule has 1 nitrogen and oxygen atoms in total. The quantitative estimate of drug-likeness (QED) is 0.609. The molecule has 0 aromatic heterocycles. The van der Waals surface area contributed by atoms with Gasteiger partial charge in [-0.05, 0) is 7.05 Å². The summed E-state index contributed by atoms with van der Waals surface area (Å²) in [6.45, 7) is 0. The molecule has 44 valence electrons. The van der Waals surface area contributed by atoms with Crippen molar-refractivity contribution in [2.45, 2.75) is 0 Å². The molecule has 2 N–H and O–H groups in total. The molecule has 0 aliphatic carbocycles. The van der Waals surface area contributed by atoms with Crippen molar-refractivity contribution in [3.05, 3.63) is 0 Å². The van der Waals surface area contributed by atoms with E-state index in [1.54, 1.807) is 0 Å². The third-order valence-electron chi connectivity index (χ3n) is 0. The standard InChI is InChI=1S/CH5N.3ClH.Pb.2H/c1-2;;;;;;/h2H2,1H3;3*1H;;;. The molecule has 0 aliphatic rings. The van der Waals surface area contributed by atoms with Gasteiger partial charge in [0.1, 0.15) is 0 Å². The fraction of sp³-hybridized carbons (Fsp3) is 1.00. The molecule has 0 aromatic rings. The van der Waals surface area contributed by atoms with Crippen LogP contribution >= 0.6 is 37.2 Å². The number of nitrogens with two attached hydrogens (primary N) is 1. The van der Waals surface area contributed by atoms with Crippen LogP contribution in [-0.2, 0) is 0 Å². The summed E-state index contributed by atoms with van der Waals surface area (Å²) in [6.07, 6.45) is 0. The van der Waals surface area contributed by atoms with Crippen LogP contribution in [0.4, 0.5) is 0 Å². The van der Waals surface area contributed by atoms with Crippen LogP contribution in [0.3, 0.4) is 0 Å². The zero-order valence-corrected chi connectivity index (χ0v) is 11.5. The molecule has 0 aliphatic heterocycles. The van der Waals surface area contributed by atoms with E-state index in [0.29, 0.717) is 0 Å². The first-order valence-electron chi connectivity index (χ1n) is 0.577. The first-order chi connectivity index (χ1) is 1.00. The molecule has 0 unspecified atom stereocenters. The summed E-state index contributed by atoms with van der Waals surface area (Å²) < 4.78 is 0. The van der Waals surface area contributed by atoms with Gasteiger partial charge in [-0.25, -0.2) is 0 Å². The van der Waals surface area contributed by atoms with E-state index < -0.39 is 0 Å². The van der Waals surface area contributed by atoms with E-state index in [2.05, 4.69) is 5.73 Å². The molecule has 0 bridgehead atoms. The number of rotatable bonds is 0. The normalized spacial score (nSPS) is 1.00. The van der Waals surface area contributed by atoms with Crippen LogP contribution in [0.15, 0.2) is 0 Å². The van der Waals surface area contributed by atoms with E-state index in [0.717, 1.165) is 0 Å². The third kappa shape index (κ3) is 42.3. The predicted molar refractivity (Wildman–Crippen MR) is 40.4 cm³/mol. The van der Waals surface area contributed by atoms with Gasteiger partial charge in [0.05, 0.1) is 0 Å². The average molecular weight is 350 g/mol. The topological polar surface area (TPSA) is 26.0 Å². The minimum absolute atomic E-state index is 0. The van der Waals surface area contributed by atoms with Gasteiger partial charge in [-0.3, -0.25) is 0 Å². The average Bonchev–Trinajstić information content (AvgIpc) is 1.00. The molecule has 2 radical (unpaired) electrons. The Balaban J connectivity index is -0.000000000833. The van der Waals surface area contributed by atoms with E-state index >= 15 is 0 Å². The fourth-order valence-electron chi connectivity index (χ4n) is 0. The molecule has 0 spiro atoms. The van der Waals surface area contributed by atoms with E-state index in [1.807, 2.05) is 0 Å². The molecule has 0 aromatic carbocycles. The van der Waals surface area contributed by atoms with Gasteiger partial charge >= 0.3 is 27.3 Å². The van der Waals surface area contributed by atoms with Gasteiger partial charge in [-0.1, -0.05) is 0 Å². The van der Waals surface area contributed by atoms with Gasteiger partial charge < -0.3 is 5.73 Å². The first kappa shape index (κ1) is 46.7. The fourth-order valence-corrected chi connectivity index (χ4v) is 0. The number of hydrogen-bond acceptors (Lipinski definition) is 1. The molecular formula is CH10Cl3NPb. The number of hydrogen-bond donors (Lipinski definition) is 1. The van der Waals surface area contributed by atoms with Crippen molar-refractivity contribution >= 4 is 64.5 Å². The van der Waals surface area contributed by atoms with Gasteiger partial charge in [0.2, 0.25) is 0 Å². The molecule has 0 saturated carbocycles. The van der Waals surface area contributed by atoms with Gasteiger partial charge in [-0.2, -0.15) is 0 Å². The Morgan fingerprint density at radius 1 is 0.833 bits per heavy atom. The third-order valence-corrected chi connectivity index (χ3v) is 0. The van der Waals surface area contributed by atoms with Crippen LogP contribution in [0.5, 0.6) is 0 Å². The van der Waals surface area contributed by atoms with E-state index in [9.17, 15) is 0 Å². The first-order valence-corrected chi connectivity index (χ1v) is 0.577. The summed E-state index contributed by atoms with van der Waals surface area (Å²) in [6, 6.07) is 0. The van der Waals surface area contributed by atoms with Gasteiger partial charge in [0.15, 0.2) is 0 Å². The van der Waals surface area contributed by atoms with Crippen LogP contribution in [0.1, 0.15) is 0 Å². The molecule has 0 heterocycles. The molecule has 6 heavy (non-hydrogen) atoms. The van der Waals surface area contributed by atoms with Crippen molar-refractivity contribution < 1.29 is 0 Å². The van der Waals surface area contributed by atoms with Crippen molar-refractivity contribution in [3.63, 3.8) is 0 Å². The second-order valence-electron chi connectivity index (χ2n) is 0. The second-order valence-corrected chi connectivity index (χ2v) is 0. The molecule has 0 amide bonds. The Kier molecular flexibility index (Phi) is 566. The van der Waals surface area contributed by atoms with Crippen molar-refractivity contribution in [3.8, 4) is 0 Å². The second kappa shape index (κ2) is 72.8. The molecule has 0 rings (SSSR count).